The zero-order valence-electron chi connectivity index (χ0n) is 17.5. The Morgan fingerprint density at radius 3 is 1.91 bits per heavy atom. The van der Waals surface area contributed by atoms with Gasteiger partial charge in [0.15, 0.2) is 0 Å². The first-order valence-electron chi connectivity index (χ1n) is 10.3. The first-order chi connectivity index (χ1) is 15.3. The molecule has 0 radical (unpaired) electrons. The highest BCUT2D eigenvalue weighted by Gasteiger charge is 2.26. The van der Waals surface area contributed by atoms with E-state index in [-0.39, 0.29) is 0 Å². The van der Waals surface area contributed by atoms with E-state index in [9.17, 15) is 17.3 Å². The average molecular weight is 434 g/mol. The summed E-state index contributed by atoms with van der Waals surface area (Å²) in [6.07, 6.45) is 0.958. The molecule has 0 bridgehead atoms. The lowest BCUT2D eigenvalue weighted by molar-refractivity contribution is 0.368. The van der Waals surface area contributed by atoms with E-state index < -0.39 is 7.25 Å². The van der Waals surface area contributed by atoms with Crippen LogP contribution in [0, 0.1) is 6.92 Å². The maximum Gasteiger partial charge on any atom is 0.673 e. The van der Waals surface area contributed by atoms with Crippen LogP contribution in [0.5, 0.6) is 0 Å². The largest absolute Gasteiger partial charge is 0.673 e. The molecule has 1 heterocycles. The molecule has 1 nitrogen and oxygen atoms in total. The van der Waals surface area contributed by atoms with Gasteiger partial charge in [-0.3, -0.25) is 0 Å². The van der Waals surface area contributed by atoms with Crippen molar-refractivity contribution in [1.29, 1.82) is 0 Å². The number of fused-ring (bicyclic) bond motifs is 2. The lowest BCUT2D eigenvalue weighted by Gasteiger charge is -2.34. The van der Waals surface area contributed by atoms with E-state index in [2.05, 4.69) is 109 Å². The molecular weight excluding hydrogens is 413 g/mol. The fourth-order valence-corrected chi connectivity index (χ4v) is 4.15. The molecule has 0 aliphatic carbocycles. The second kappa shape index (κ2) is 8.91. The zero-order chi connectivity index (χ0) is 22.7. The number of anilines is 3. The Hall–Kier alpha value is -3.54. The lowest BCUT2D eigenvalue weighted by Crippen LogP contribution is -2.19. The standard InChI is InChI=1S/C26H21N.BF4/c1-19-10-5-7-14-22(19)23-15-9-17-26-24(23)18-20-11-6-8-16-25(20)27(26)21-12-3-2-4-13-21;2-1(3,4)5/h2-17H,18H2,1H3;/q;-1. The molecule has 0 aromatic heterocycles. The first-order valence-corrected chi connectivity index (χ1v) is 10.3. The van der Waals surface area contributed by atoms with Gasteiger partial charge in [0, 0.05) is 17.8 Å². The fourth-order valence-electron chi connectivity index (χ4n) is 4.15. The molecule has 0 saturated heterocycles. The van der Waals surface area contributed by atoms with E-state index in [1.807, 2.05) is 0 Å². The highest BCUT2D eigenvalue weighted by molar-refractivity contribution is 6.50. The van der Waals surface area contributed by atoms with Gasteiger partial charge in [-0.05, 0) is 59.0 Å². The van der Waals surface area contributed by atoms with Gasteiger partial charge in [-0.15, -0.1) is 0 Å². The third-order valence-corrected chi connectivity index (χ3v) is 5.44. The molecule has 0 amide bonds. The summed E-state index contributed by atoms with van der Waals surface area (Å²) in [7, 11) is -6.00. The molecule has 0 N–H and O–H groups in total. The smallest absolute Gasteiger partial charge is 0.418 e. The van der Waals surface area contributed by atoms with Crippen LogP contribution in [-0.4, -0.2) is 7.25 Å². The van der Waals surface area contributed by atoms with E-state index in [0.29, 0.717) is 0 Å². The summed E-state index contributed by atoms with van der Waals surface area (Å²) in [4.78, 5) is 2.40. The molecule has 1 aliphatic rings. The van der Waals surface area contributed by atoms with Gasteiger partial charge in [0.1, 0.15) is 0 Å². The molecule has 0 saturated carbocycles. The van der Waals surface area contributed by atoms with Crippen LogP contribution in [0.15, 0.2) is 97.1 Å². The number of rotatable bonds is 2. The van der Waals surface area contributed by atoms with Crippen molar-refractivity contribution in [1.82, 2.24) is 0 Å². The maximum absolute atomic E-state index is 9.75. The van der Waals surface area contributed by atoms with Crippen molar-refractivity contribution in [2.24, 2.45) is 0 Å². The van der Waals surface area contributed by atoms with E-state index in [0.717, 1.165) is 6.42 Å². The third kappa shape index (κ3) is 4.69. The van der Waals surface area contributed by atoms with Gasteiger partial charge in [-0.1, -0.05) is 72.8 Å². The van der Waals surface area contributed by atoms with Gasteiger partial charge >= 0.3 is 7.25 Å². The summed E-state index contributed by atoms with van der Waals surface area (Å²) in [6.45, 7) is 2.19. The molecule has 5 rings (SSSR count). The van der Waals surface area contributed by atoms with Crippen molar-refractivity contribution in [3.8, 4) is 11.1 Å². The number of nitrogens with zero attached hydrogens (tertiary/aromatic N) is 1. The highest BCUT2D eigenvalue weighted by Crippen LogP contribution is 2.46. The Morgan fingerprint density at radius 1 is 0.625 bits per heavy atom. The summed E-state index contributed by atoms with van der Waals surface area (Å²) in [6, 6.07) is 34.8. The predicted octanol–water partition coefficient (Wildman–Crippen LogP) is 8.34. The Kier molecular flexibility index (Phi) is 6.04. The Labute approximate surface area is 185 Å². The quantitative estimate of drug-likeness (QED) is 0.199. The number of hydrogen-bond acceptors (Lipinski definition) is 1. The van der Waals surface area contributed by atoms with Crippen molar-refractivity contribution in [2.75, 3.05) is 4.90 Å². The molecule has 4 aromatic rings. The predicted molar refractivity (Wildman–Crippen MR) is 124 cm³/mol. The van der Waals surface area contributed by atoms with Crippen LogP contribution in [0.3, 0.4) is 0 Å². The number of halogens is 4. The first kappa shape index (κ1) is 21.7. The molecule has 0 atom stereocenters. The monoisotopic (exact) mass is 434 g/mol. The summed E-state index contributed by atoms with van der Waals surface area (Å²) >= 11 is 0. The SMILES string of the molecule is Cc1ccccc1-c1cccc2c1Cc1ccccc1N2c1ccccc1.F[B-](F)(F)F. The summed E-state index contributed by atoms with van der Waals surface area (Å²) in [5.41, 5.74) is 10.5. The van der Waals surface area contributed by atoms with Gasteiger partial charge in [-0.25, -0.2) is 0 Å². The van der Waals surface area contributed by atoms with E-state index in [1.165, 1.54) is 44.9 Å². The fraction of sp³-hybridized carbons (Fsp3) is 0.0769. The van der Waals surface area contributed by atoms with Gasteiger partial charge in [0.05, 0.1) is 5.69 Å². The molecule has 0 fully saturated rings. The van der Waals surface area contributed by atoms with Crippen LogP contribution >= 0.6 is 0 Å². The molecule has 0 spiro atoms. The molecular formula is C26H21BF4N-. The molecule has 0 unspecified atom stereocenters. The maximum atomic E-state index is 9.75. The van der Waals surface area contributed by atoms with Crippen LogP contribution in [0.25, 0.3) is 11.1 Å². The van der Waals surface area contributed by atoms with Crippen LogP contribution in [0.1, 0.15) is 16.7 Å². The van der Waals surface area contributed by atoms with Crippen LogP contribution in [-0.2, 0) is 6.42 Å². The lowest BCUT2D eigenvalue weighted by atomic mass is 9.87. The molecule has 162 valence electrons. The van der Waals surface area contributed by atoms with Crippen molar-refractivity contribution < 1.29 is 17.3 Å². The Morgan fingerprint density at radius 2 is 1.19 bits per heavy atom. The van der Waals surface area contributed by atoms with Crippen molar-refractivity contribution >= 4 is 24.3 Å². The van der Waals surface area contributed by atoms with E-state index >= 15 is 0 Å². The normalized spacial score (nSPS) is 12.3. The number of para-hydroxylation sites is 2. The van der Waals surface area contributed by atoms with Crippen LogP contribution < -0.4 is 4.90 Å². The van der Waals surface area contributed by atoms with Crippen molar-refractivity contribution in [2.45, 2.75) is 13.3 Å². The van der Waals surface area contributed by atoms with Crippen LogP contribution in [0.4, 0.5) is 34.3 Å². The Balaban J connectivity index is 0.000000444. The molecule has 32 heavy (non-hydrogen) atoms. The topological polar surface area (TPSA) is 3.24 Å². The van der Waals surface area contributed by atoms with Gasteiger partial charge in [-0.2, -0.15) is 0 Å². The van der Waals surface area contributed by atoms with Gasteiger partial charge in [0.25, 0.3) is 0 Å². The second-order valence-electron chi connectivity index (χ2n) is 7.59. The second-order valence-corrected chi connectivity index (χ2v) is 7.59. The number of benzene rings is 4. The molecule has 1 aliphatic heterocycles. The van der Waals surface area contributed by atoms with Crippen molar-refractivity contribution in [3.63, 3.8) is 0 Å². The Bertz CT molecular complexity index is 1220. The number of hydrogen-bond donors (Lipinski definition) is 0. The number of aryl methyl sites for hydroxylation is 1. The van der Waals surface area contributed by atoms with E-state index in [4.69, 9.17) is 0 Å². The molecule has 4 aromatic carbocycles. The van der Waals surface area contributed by atoms with Gasteiger partial charge < -0.3 is 22.2 Å². The summed E-state index contributed by atoms with van der Waals surface area (Å²) in [5.74, 6) is 0. The molecule has 6 heteroatoms. The van der Waals surface area contributed by atoms with E-state index in [1.54, 1.807) is 0 Å². The minimum Gasteiger partial charge on any atom is -0.418 e. The highest BCUT2D eigenvalue weighted by atomic mass is 19.5. The summed E-state index contributed by atoms with van der Waals surface area (Å²) < 4.78 is 39.0. The average Bonchev–Trinajstić information content (AvgIpc) is 2.77. The third-order valence-electron chi connectivity index (χ3n) is 5.44. The minimum absolute atomic E-state index is 0.958. The van der Waals surface area contributed by atoms with Crippen LogP contribution in [0.2, 0.25) is 0 Å². The van der Waals surface area contributed by atoms with Gasteiger partial charge in [0.2, 0.25) is 0 Å². The zero-order valence-corrected chi connectivity index (χ0v) is 17.5. The van der Waals surface area contributed by atoms with Crippen molar-refractivity contribution in [3.05, 3.63) is 114 Å². The minimum atomic E-state index is -6.00. The summed E-state index contributed by atoms with van der Waals surface area (Å²) in [5, 5.41) is 0.